The quantitative estimate of drug-likeness (QED) is 0.743. The average Bonchev–Trinajstić information content (AvgIpc) is 2.29. The number of likely N-dealkylation sites (N-methyl/N-ethyl adjacent to an activating group) is 1. The molecule has 0 aromatic carbocycles. The minimum Gasteiger partial charge on any atom is -0.467 e. The van der Waals surface area contributed by atoms with Crippen molar-refractivity contribution in [1.82, 2.24) is 10.2 Å². The molecule has 0 saturated carbocycles. The van der Waals surface area contributed by atoms with Crippen LogP contribution in [0.1, 0.15) is 41.0 Å². The summed E-state index contributed by atoms with van der Waals surface area (Å²) in [5.74, 6) is -0.152. The van der Waals surface area contributed by atoms with Gasteiger partial charge in [0.1, 0.15) is 6.04 Å². The average molecular weight is 272 g/mol. The number of esters is 1. The Hall–Kier alpha value is -1.10. The fourth-order valence-corrected chi connectivity index (χ4v) is 1.63. The number of methoxy groups -OCH3 is 1. The van der Waals surface area contributed by atoms with Gasteiger partial charge in [-0.1, -0.05) is 13.8 Å². The van der Waals surface area contributed by atoms with Gasteiger partial charge in [0.2, 0.25) is 5.91 Å². The first-order chi connectivity index (χ1) is 8.58. The molecule has 19 heavy (non-hydrogen) atoms. The first-order valence-electron chi connectivity index (χ1n) is 6.67. The minimum absolute atomic E-state index is 0.106. The molecule has 1 amide bonds. The predicted molar refractivity (Wildman–Crippen MR) is 75.8 cm³/mol. The first-order valence-corrected chi connectivity index (χ1v) is 6.67. The highest BCUT2D eigenvalue weighted by Crippen LogP contribution is 2.12. The Bertz CT molecular complexity index is 308. The molecule has 0 unspecified atom stereocenters. The van der Waals surface area contributed by atoms with Crippen LogP contribution in [0, 0.1) is 5.92 Å². The normalized spacial score (nSPS) is 13.3. The topological polar surface area (TPSA) is 58.6 Å². The van der Waals surface area contributed by atoms with Crippen molar-refractivity contribution in [2.24, 2.45) is 5.92 Å². The standard InChI is InChI=1S/C14H28N2O3/c1-10(2)8-11(13(18)19-7)16(6)12(17)9-15-14(3,4)5/h10-11,15H,8-9H2,1-7H3/t11-/m0/s1. The number of hydrogen-bond acceptors (Lipinski definition) is 4. The van der Waals surface area contributed by atoms with Crippen LogP contribution < -0.4 is 5.32 Å². The number of carbonyl (C=O) groups excluding carboxylic acids is 2. The van der Waals surface area contributed by atoms with Gasteiger partial charge < -0.3 is 15.0 Å². The zero-order valence-electron chi connectivity index (χ0n) is 13.2. The third kappa shape index (κ3) is 7.15. The summed E-state index contributed by atoms with van der Waals surface area (Å²) in [4.78, 5) is 25.3. The van der Waals surface area contributed by atoms with E-state index in [1.54, 1.807) is 7.05 Å². The van der Waals surface area contributed by atoms with E-state index >= 15 is 0 Å². The Labute approximate surface area is 116 Å². The molecular formula is C14H28N2O3. The zero-order valence-corrected chi connectivity index (χ0v) is 13.2. The van der Waals surface area contributed by atoms with Crippen LogP contribution in [0.3, 0.4) is 0 Å². The van der Waals surface area contributed by atoms with E-state index in [2.05, 4.69) is 5.32 Å². The molecule has 0 bridgehead atoms. The second-order valence-corrected chi connectivity index (χ2v) is 6.28. The van der Waals surface area contributed by atoms with Crippen LogP contribution >= 0.6 is 0 Å². The van der Waals surface area contributed by atoms with Crippen molar-refractivity contribution in [1.29, 1.82) is 0 Å². The lowest BCUT2D eigenvalue weighted by Crippen LogP contribution is -2.49. The Morgan fingerprint density at radius 3 is 2.16 bits per heavy atom. The van der Waals surface area contributed by atoms with Crippen LogP contribution in [0.25, 0.3) is 0 Å². The highest BCUT2D eigenvalue weighted by molar-refractivity contribution is 5.85. The molecule has 1 atom stereocenters. The zero-order chi connectivity index (χ0) is 15.2. The second-order valence-electron chi connectivity index (χ2n) is 6.28. The summed E-state index contributed by atoms with van der Waals surface area (Å²) in [6, 6.07) is -0.515. The van der Waals surface area contributed by atoms with E-state index in [0.29, 0.717) is 12.3 Å². The van der Waals surface area contributed by atoms with Gasteiger partial charge in [-0.05, 0) is 33.1 Å². The van der Waals surface area contributed by atoms with Crippen molar-refractivity contribution in [3.05, 3.63) is 0 Å². The molecule has 0 aliphatic carbocycles. The number of nitrogens with one attached hydrogen (secondary N) is 1. The van der Waals surface area contributed by atoms with Crippen molar-refractivity contribution in [2.45, 2.75) is 52.6 Å². The fourth-order valence-electron chi connectivity index (χ4n) is 1.63. The molecule has 0 spiro atoms. The van der Waals surface area contributed by atoms with Gasteiger partial charge >= 0.3 is 5.97 Å². The molecular weight excluding hydrogens is 244 g/mol. The highest BCUT2D eigenvalue weighted by Gasteiger charge is 2.28. The molecule has 0 radical (unpaired) electrons. The lowest BCUT2D eigenvalue weighted by molar-refractivity contribution is -0.152. The fraction of sp³-hybridized carbons (Fsp3) is 0.857. The molecule has 0 aliphatic heterocycles. The summed E-state index contributed by atoms with van der Waals surface area (Å²) >= 11 is 0. The SMILES string of the molecule is COC(=O)[C@H](CC(C)C)N(C)C(=O)CNC(C)(C)C. The number of ether oxygens (including phenoxy) is 1. The smallest absolute Gasteiger partial charge is 0.328 e. The van der Waals surface area contributed by atoms with E-state index in [4.69, 9.17) is 4.74 Å². The Morgan fingerprint density at radius 1 is 1.26 bits per heavy atom. The summed E-state index contributed by atoms with van der Waals surface area (Å²) in [5.41, 5.74) is -0.130. The number of hydrogen-bond donors (Lipinski definition) is 1. The molecule has 0 fully saturated rings. The van der Waals surface area contributed by atoms with E-state index < -0.39 is 6.04 Å². The van der Waals surface area contributed by atoms with Gasteiger partial charge in [0, 0.05) is 12.6 Å². The van der Waals surface area contributed by atoms with Gasteiger partial charge in [0.25, 0.3) is 0 Å². The van der Waals surface area contributed by atoms with Gasteiger partial charge in [-0.25, -0.2) is 4.79 Å². The molecule has 1 N–H and O–H groups in total. The Morgan fingerprint density at radius 2 is 1.79 bits per heavy atom. The monoisotopic (exact) mass is 272 g/mol. The van der Waals surface area contributed by atoms with Crippen molar-refractivity contribution in [3.8, 4) is 0 Å². The lowest BCUT2D eigenvalue weighted by Gasteiger charge is -2.29. The van der Waals surface area contributed by atoms with Crippen LogP contribution in [0.5, 0.6) is 0 Å². The van der Waals surface area contributed by atoms with Gasteiger partial charge in [0.15, 0.2) is 0 Å². The summed E-state index contributed by atoms with van der Waals surface area (Å²) in [7, 11) is 3.00. The Kier molecular flexibility index (Phi) is 7.05. The maximum absolute atomic E-state index is 12.1. The van der Waals surface area contributed by atoms with Crippen molar-refractivity contribution in [2.75, 3.05) is 20.7 Å². The molecule has 0 aromatic rings. The third-order valence-corrected chi connectivity index (χ3v) is 2.80. The van der Waals surface area contributed by atoms with Crippen LogP contribution in [0.4, 0.5) is 0 Å². The number of carbonyl (C=O) groups is 2. The second kappa shape index (κ2) is 7.48. The lowest BCUT2D eigenvalue weighted by atomic mass is 10.0. The molecule has 0 aromatic heterocycles. The third-order valence-electron chi connectivity index (χ3n) is 2.80. The van der Waals surface area contributed by atoms with Crippen molar-refractivity contribution >= 4 is 11.9 Å². The molecule has 0 heterocycles. The number of rotatable bonds is 6. The van der Waals surface area contributed by atoms with Crippen LogP contribution in [-0.2, 0) is 14.3 Å². The van der Waals surface area contributed by atoms with Crippen LogP contribution in [-0.4, -0.2) is 49.1 Å². The van der Waals surface area contributed by atoms with Crippen LogP contribution in [0.2, 0.25) is 0 Å². The predicted octanol–water partition coefficient (Wildman–Crippen LogP) is 1.42. The summed E-state index contributed by atoms with van der Waals surface area (Å²) in [5, 5.41) is 3.12. The van der Waals surface area contributed by atoms with Crippen LogP contribution in [0.15, 0.2) is 0 Å². The minimum atomic E-state index is -0.515. The van der Waals surface area contributed by atoms with E-state index in [1.807, 2.05) is 34.6 Å². The highest BCUT2D eigenvalue weighted by atomic mass is 16.5. The molecule has 0 aliphatic rings. The summed E-state index contributed by atoms with van der Waals surface area (Å²) < 4.78 is 4.78. The van der Waals surface area contributed by atoms with Gasteiger partial charge in [0.05, 0.1) is 13.7 Å². The maximum atomic E-state index is 12.1. The number of amides is 1. The van der Waals surface area contributed by atoms with Gasteiger partial charge in [-0.15, -0.1) is 0 Å². The number of nitrogens with zero attached hydrogens (tertiary/aromatic N) is 1. The van der Waals surface area contributed by atoms with Gasteiger partial charge in [-0.3, -0.25) is 4.79 Å². The van der Waals surface area contributed by atoms with E-state index in [9.17, 15) is 9.59 Å². The molecule has 0 saturated heterocycles. The molecule has 0 rings (SSSR count). The van der Waals surface area contributed by atoms with Crippen molar-refractivity contribution < 1.29 is 14.3 Å². The van der Waals surface area contributed by atoms with E-state index in [1.165, 1.54) is 12.0 Å². The first kappa shape index (κ1) is 17.9. The van der Waals surface area contributed by atoms with E-state index in [0.717, 1.165) is 0 Å². The summed E-state index contributed by atoms with van der Waals surface area (Å²) in [6.07, 6.45) is 0.602. The molecule has 112 valence electrons. The van der Waals surface area contributed by atoms with Crippen molar-refractivity contribution in [3.63, 3.8) is 0 Å². The maximum Gasteiger partial charge on any atom is 0.328 e. The molecule has 5 nitrogen and oxygen atoms in total. The Balaban J connectivity index is 4.65. The summed E-state index contributed by atoms with van der Waals surface area (Å²) in [6.45, 7) is 10.2. The van der Waals surface area contributed by atoms with E-state index in [-0.39, 0.29) is 24.0 Å². The largest absolute Gasteiger partial charge is 0.467 e. The molecule has 5 heteroatoms. The van der Waals surface area contributed by atoms with Gasteiger partial charge in [-0.2, -0.15) is 0 Å².